The summed E-state index contributed by atoms with van der Waals surface area (Å²) in [6.45, 7) is 0. The van der Waals surface area contributed by atoms with Crippen LogP contribution < -0.4 is 5.73 Å². The molecule has 0 aliphatic heterocycles. The third-order valence-corrected chi connectivity index (χ3v) is 1.76. The molecule has 0 aliphatic rings. The van der Waals surface area contributed by atoms with Crippen molar-refractivity contribution in [2.45, 2.75) is 0 Å². The van der Waals surface area contributed by atoms with Crippen LogP contribution in [0.15, 0.2) is 12.1 Å². The molecule has 0 unspecified atom stereocenters. The number of carbonyl (C=O) groups excluding carboxylic acids is 1. The summed E-state index contributed by atoms with van der Waals surface area (Å²) in [5, 5.41) is 9.05. The van der Waals surface area contributed by atoms with E-state index in [2.05, 4.69) is 0 Å². The van der Waals surface area contributed by atoms with Crippen LogP contribution in [-0.4, -0.2) is 30.0 Å². The van der Waals surface area contributed by atoms with Gasteiger partial charge in [-0.25, -0.2) is 4.39 Å². The first-order valence-corrected chi connectivity index (χ1v) is 3.93. The van der Waals surface area contributed by atoms with Gasteiger partial charge in [-0.15, -0.1) is 0 Å². The zero-order valence-electron chi connectivity index (χ0n) is 7.91. The summed E-state index contributed by atoms with van der Waals surface area (Å²) in [4.78, 5) is 12.7. The van der Waals surface area contributed by atoms with Gasteiger partial charge < -0.3 is 15.7 Å². The number of benzene rings is 1. The quantitative estimate of drug-likeness (QED) is 0.518. The molecule has 0 saturated heterocycles. The molecule has 1 amide bonds. The van der Waals surface area contributed by atoms with Gasteiger partial charge in [0, 0.05) is 25.8 Å². The predicted molar refractivity (Wildman–Crippen MR) is 50.5 cm³/mol. The van der Waals surface area contributed by atoms with E-state index in [0.717, 1.165) is 12.1 Å². The molecule has 0 aromatic heterocycles. The first-order chi connectivity index (χ1) is 6.43. The van der Waals surface area contributed by atoms with Crippen LogP contribution in [0.4, 0.5) is 10.1 Å². The van der Waals surface area contributed by atoms with E-state index in [0.29, 0.717) is 0 Å². The standard InChI is InChI=1S/C9H11FN2O2/c1-12(2)9(14)5-3-8(13)6(10)4-7(5)11/h3-4,13H,11H2,1-2H3. The van der Waals surface area contributed by atoms with Crippen LogP contribution in [-0.2, 0) is 0 Å². The molecule has 0 spiro atoms. The molecule has 1 aromatic rings. The highest BCUT2D eigenvalue weighted by Gasteiger charge is 2.14. The van der Waals surface area contributed by atoms with Crippen molar-refractivity contribution in [2.24, 2.45) is 0 Å². The van der Waals surface area contributed by atoms with Crippen LogP contribution in [0.1, 0.15) is 10.4 Å². The number of hydrogen-bond acceptors (Lipinski definition) is 3. The molecule has 0 atom stereocenters. The lowest BCUT2D eigenvalue weighted by Crippen LogP contribution is -2.22. The highest BCUT2D eigenvalue weighted by atomic mass is 19.1. The molecule has 0 radical (unpaired) electrons. The molecule has 1 aromatic carbocycles. The minimum Gasteiger partial charge on any atom is -0.505 e. The second-order valence-corrected chi connectivity index (χ2v) is 3.09. The second kappa shape index (κ2) is 3.53. The van der Waals surface area contributed by atoms with Crippen molar-refractivity contribution >= 4 is 11.6 Å². The SMILES string of the molecule is CN(C)C(=O)c1cc(O)c(F)cc1N. The van der Waals surface area contributed by atoms with Crippen molar-refractivity contribution in [3.8, 4) is 5.75 Å². The normalized spacial score (nSPS) is 9.93. The number of nitrogen functional groups attached to an aromatic ring is 1. The number of phenols is 1. The third-order valence-electron chi connectivity index (χ3n) is 1.76. The minimum atomic E-state index is -0.835. The first kappa shape index (κ1) is 10.3. The number of halogens is 1. The largest absolute Gasteiger partial charge is 0.505 e. The molecule has 1 rings (SSSR count). The Bertz CT molecular complexity index is 377. The molecule has 0 fully saturated rings. The van der Waals surface area contributed by atoms with E-state index < -0.39 is 11.6 Å². The Labute approximate surface area is 80.7 Å². The maximum absolute atomic E-state index is 12.8. The van der Waals surface area contributed by atoms with Gasteiger partial charge >= 0.3 is 0 Å². The summed E-state index contributed by atoms with van der Waals surface area (Å²) in [6.07, 6.45) is 0. The number of phenolic OH excluding ortho intramolecular Hbond substituents is 1. The highest BCUT2D eigenvalue weighted by Crippen LogP contribution is 2.23. The maximum Gasteiger partial charge on any atom is 0.255 e. The number of nitrogens with zero attached hydrogens (tertiary/aromatic N) is 1. The van der Waals surface area contributed by atoms with Gasteiger partial charge in [-0.3, -0.25) is 4.79 Å². The minimum absolute atomic E-state index is 0.0130. The number of anilines is 1. The summed E-state index contributed by atoms with van der Waals surface area (Å²) < 4.78 is 12.8. The van der Waals surface area contributed by atoms with E-state index in [1.54, 1.807) is 14.1 Å². The average Bonchev–Trinajstić information content (AvgIpc) is 2.10. The van der Waals surface area contributed by atoms with Crippen molar-refractivity contribution < 1.29 is 14.3 Å². The van der Waals surface area contributed by atoms with Gasteiger partial charge in [-0.2, -0.15) is 0 Å². The predicted octanol–water partition coefficient (Wildman–Crippen LogP) is 0.815. The van der Waals surface area contributed by atoms with Gasteiger partial charge in [-0.05, 0) is 6.07 Å². The molecule has 3 N–H and O–H groups in total. The van der Waals surface area contributed by atoms with Crippen LogP contribution >= 0.6 is 0 Å². The Morgan fingerprint density at radius 3 is 2.57 bits per heavy atom. The summed E-state index contributed by atoms with van der Waals surface area (Å²) >= 11 is 0. The number of aromatic hydroxyl groups is 1. The average molecular weight is 198 g/mol. The molecular weight excluding hydrogens is 187 g/mol. The fraction of sp³-hybridized carbons (Fsp3) is 0.222. The van der Waals surface area contributed by atoms with Gasteiger partial charge in [0.05, 0.1) is 5.56 Å². The number of nitrogens with two attached hydrogens (primary N) is 1. The molecule has 0 aliphatic carbocycles. The molecule has 0 saturated carbocycles. The van der Waals surface area contributed by atoms with Crippen LogP contribution in [0.3, 0.4) is 0 Å². The molecule has 14 heavy (non-hydrogen) atoms. The van der Waals surface area contributed by atoms with Gasteiger partial charge in [0.1, 0.15) is 0 Å². The van der Waals surface area contributed by atoms with Crippen molar-refractivity contribution in [1.82, 2.24) is 4.90 Å². The van der Waals surface area contributed by atoms with Crippen molar-refractivity contribution in [1.29, 1.82) is 0 Å². The monoisotopic (exact) mass is 198 g/mol. The molecule has 5 heteroatoms. The lowest BCUT2D eigenvalue weighted by molar-refractivity contribution is 0.0828. The van der Waals surface area contributed by atoms with Crippen molar-refractivity contribution in [2.75, 3.05) is 19.8 Å². The van der Waals surface area contributed by atoms with Crippen molar-refractivity contribution in [3.63, 3.8) is 0 Å². The zero-order chi connectivity index (χ0) is 10.9. The van der Waals surface area contributed by atoms with E-state index in [4.69, 9.17) is 10.8 Å². The van der Waals surface area contributed by atoms with Crippen LogP contribution in [0, 0.1) is 5.82 Å². The number of hydrogen-bond donors (Lipinski definition) is 2. The Morgan fingerprint density at radius 2 is 2.07 bits per heavy atom. The van der Waals surface area contributed by atoms with Gasteiger partial charge in [0.15, 0.2) is 11.6 Å². The van der Waals surface area contributed by atoms with Gasteiger partial charge in [0.2, 0.25) is 0 Å². The van der Waals surface area contributed by atoms with E-state index in [-0.39, 0.29) is 17.2 Å². The maximum atomic E-state index is 12.8. The lowest BCUT2D eigenvalue weighted by atomic mass is 10.1. The lowest BCUT2D eigenvalue weighted by Gasteiger charge is -2.12. The second-order valence-electron chi connectivity index (χ2n) is 3.09. The van der Waals surface area contributed by atoms with E-state index in [1.165, 1.54) is 4.90 Å². The summed E-state index contributed by atoms with van der Waals surface area (Å²) in [5.74, 6) is -1.79. The molecule has 76 valence electrons. The van der Waals surface area contributed by atoms with E-state index >= 15 is 0 Å². The summed E-state index contributed by atoms with van der Waals surface area (Å²) in [5.41, 5.74) is 5.53. The topological polar surface area (TPSA) is 66.6 Å². The van der Waals surface area contributed by atoms with E-state index in [9.17, 15) is 9.18 Å². The Morgan fingerprint density at radius 1 is 1.50 bits per heavy atom. The first-order valence-electron chi connectivity index (χ1n) is 3.93. The number of rotatable bonds is 1. The van der Waals surface area contributed by atoms with E-state index in [1.807, 2.05) is 0 Å². The van der Waals surface area contributed by atoms with Crippen molar-refractivity contribution in [3.05, 3.63) is 23.5 Å². The Balaban J connectivity index is 3.22. The molecular formula is C9H11FN2O2. The zero-order valence-corrected chi connectivity index (χ0v) is 7.91. The third kappa shape index (κ3) is 1.76. The Hall–Kier alpha value is -1.78. The van der Waals surface area contributed by atoms with Crippen LogP contribution in [0.5, 0.6) is 5.75 Å². The van der Waals surface area contributed by atoms with Crippen LogP contribution in [0.25, 0.3) is 0 Å². The van der Waals surface area contributed by atoms with Gasteiger partial charge in [0.25, 0.3) is 5.91 Å². The molecule has 0 heterocycles. The van der Waals surface area contributed by atoms with Crippen LogP contribution in [0.2, 0.25) is 0 Å². The summed E-state index contributed by atoms with van der Waals surface area (Å²) in [6, 6.07) is 1.94. The Kier molecular flexibility index (Phi) is 2.60. The van der Waals surface area contributed by atoms with Gasteiger partial charge in [-0.1, -0.05) is 0 Å². The fourth-order valence-electron chi connectivity index (χ4n) is 1.00. The fourth-order valence-corrected chi connectivity index (χ4v) is 1.00. The highest BCUT2D eigenvalue weighted by molar-refractivity contribution is 5.99. The summed E-state index contributed by atoms with van der Waals surface area (Å²) in [7, 11) is 3.09. The smallest absolute Gasteiger partial charge is 0.255 e. The number of amides is 1. The number of carbonyl (C=O) groups is 1. The molecule has 4 nitrogen and oxygen atoms in total. The molecule has 0 bridgehead atoms.